The lowest BCUT2D eigenvalue weighted by Crippen LogP contribution is -2.37. The van der Waals surface area contributed by atoms with E-state index >= 15 is 0 Å². The van der Waals surface area contributed by atoms with E-state index < -0.39 is 0 Å². The second kappa shape index (κ2) is 4.37. The van der Waals surface area contributed by atoms with Crippen LogP contribution in [0, 0.1) is 5.92 Å². The molecule has 1 aromatic rings. The van der Waals surface area contributed by atoms with Crippen molar-refractivity contribution in [1.82, 2.24) is 9.97 Å². The third-order valence-corrected chi connectivity index (χ3v) is 2.61. The summed E-state index contributed by atoms with van der Waals surface area (Å²) in [6, 6.07) is 1.82. The van der Waals surface area contributed by atoms with Gasteiger partial charge in [0, 0.05) is 32.1 Å². The van der Waals surface area contributed by atoms with Crippen molar-refractivity contribution in [1.29, 1.82) is 0 Å². The lowest BCUT2D eigenvalue weighted by Gasteiger charge is -2.31. The second-order valence-electron chi connectivity index (χ2n) is 3.69. The van der Waals surface area contributed by atoms with E-state index in [9.17, 15) is 0 Å². The fourth-order valence-electron chi connectivity index (χ4n) is 1.85. The molecule has 0 aromatic carbocycles. The highest BCUT2D eigenvalue weighted by molar-refractivity contribution is 5.28. The van der Waals surface area contributed by atoms with E-state index in [1.807, 2.05) is 6.07 Å². The number of rotatable bonds is 2. The zero-order valence-electron chi connectivity index (χ0n) is 8.13. The molecular weight excluding hydrogens is 178 g/mol. The first-order valence-corrected chi connectivity index (χ1v) is 5.03. The van der Waals surface area contributed by atoms with Gasteiger partial charge < -0.3 is 10.0 Å². The topological polar surface area (TPSA) is 49.2 Å². The van der Waals surface area contributed by atoms with Gasteiger partial charge in [-0.25, -0.2) is 9.97 Å². The zero-order valence-corrected chi connectivity index (χ0v) is 8.13. The van der Waals surface area contributed by atoms with Gasteiger partial charge in [-0.1, -0.05) is 0 Å². The van der Waals surface area contributed by atoms with E-state index in [0.717, 1.165) is 31.9 Å². The van der Waals surface area contributed by atoms with Crippen molar-refractivity contribution in [3.05, 3.63) is 18.5 Å². The number of hydrogen-bond donors (Lipinski definition) is 1. The van der Waals surface area contributed by atoms with Crippen molar-refractivity contribution in [3.63, 3.8) is 0 Å². The van der Waals surface area contributed by atoms with Crippen molar-refractivity contribution in [2.45, 2.75) is 12.8 Å². The molecule has 2 rings (SSSR count). The summed E-state index contributed by atoms with van der Waals surface area (Å²) in [4.78, 5) is 10.6. The van der Waals surface area contributed by atoms with Crippen LogP contribution in [0.15, 0.2) is 18.5 Å². The molecule has 1 saturated heterocycles. The minimum Gasteiger partial charge on any atom is -0.396 e. The lowest BCUT2D eigenvalue weighted by molar-refractivity contribution is 0.208. The molecule has 0 saturated carbocycles. The minimum absolute atomic E-state index is 0.267. The molecule has 76 valence electrons. The monoisotopic (exact) mass is 193 g/mol. The SMILES string of the molecule is OC[C@H]1CCCN(c2ncccn2)C1. The zero-order chi connectivity index (χ0) is 9.80. The standard InChI is InChI=1S/C10H15N3O/c14-8-9-3-1-6-13(7-9)10-11-4-2-5-12-10/h2,4-5,9,14H,1,3,6-8H2/t9-/m0/s1. The molecule has 1 N–H and O–H groups in total. The highest BCUT2D eigenvalue weighted by Crippen LogP contribution is 2.18. The van der Waals surface area contributed by atoms with Gasteiger partial charge in [0.25, 0.3) is 0 Å². The van der Waals surface area contributed by atoms with Gasteiger partial charge in [-0.2, -0.15) is 0 Å². The molecule has 0 amide bonds. The highest BCUT2D eigenvalue weighted by atomic mass is 16.3. The van der Waals surface area contributed by atoms with Crippen LogP contribution in [0.25, 0.3) is 0 Å². The van der Waals surface area contributed by atoms with Crippen LogP contribution in [0.3, 0.4) is 0 Å². The number of anilines is 1. The predicted molar refractivity (Wildman–Crippen MR) is 54.1 cm³/mol. The van der Waals surface area contributed by atoms with Gasteiger partial charge in [0.05, 0.1) is 0 Å². The maximum absolute atomic E-state index is 9.09. The van der Waals surface area contributed by atoms with Gasteiger partial charge in [0.15, 0.2) is 0 Å². The Balaban J connectivity index is 2.04. The summed E-state index contributed by atoms with van der Waals surface area (Å²) in [5.74, 6) is 1.17. The highest BCUT2D eigenvalue weighted by Gasteiger charge is 2.20. The summed E-state index contributed by atoms with van der Waals surface area (Å²) in [5.41, 5.74) is 0. The first-order valence-electron chi connectivity index (χ1n) is 5.03. The van der Waals surface area contributed by atoms with Crippen LogP contribution in [0.4, 0.5) is 5.95 Å². The Morgan fingerprint density at radius 2 is 2.21 bits per heavy atom. The Kier molecular flexibility index (Phi) is 2.93. The Morgan fingerprint density at radius 1 is 1.43 bits per heavy atom. The van der Waals surface area contributed by atoms with Gasteiger partial charge in [0.1, 0.15) is 0 Å². The molecule has 0 aliphatic carbocycles. The summed E-state index contributed by atoms with van der Waals surface area (Å²) < 4.78 is 0. The predicted octanol–water partition coefficient (Wildman–Crippen LogP) is 0.685. The van der Waals surface area contributed by atoms with Gasteiger partial charge in [-0.3, -0.25) is 0 Å². The molecule has 0 spiro atoms. The smallest absolute Gasteiger partial charge is 0.225 e. The maximum atomic E-state index is 9.09. The average molecular weight is 193 g/mol. The quantitative estimate of drug-likeness (QED) is 0.750. The first-order chi connectivity index (χ1) is 6.90. The van der Waals surface area contributed by atoms with Crippen LogP contribution in [0.2, 0.25) is 0 Å². The van der Waals surface area contributed by atoms with E-state index in [4.69, 9.17) is 5.11 Å². The molecule has 1 aliphatic rings. The van der Waals surface area contributed by atoms with E-state index in [2.05, 4.69) is 14.9 Å². The Bertz CT molecular complexity index is 278. The largest absolute Gasteiger partial charge is 0.396 e. The van der Waals surface area contributed by atoms with Gasteiger partial charge >= 0.3 is 0 Å². The van der Waals surface area contributed by atoms with Crippen molar-refractivity contribution in [3.8, 4) is 0 Å². The number of nitrogens with zero attached hydrogens (tertiary/aromatic N) is 3. The third-order valence-electron chi connectivity index (χ3n) is 2.61. The molecule has 1 aliphatic heterocycles. The van der Waals surface area contributed by atoms with E-state index in [1.54, 1.807) is 12.4 Å². The van der Waals surface area contributed by atoms with Crippen molar-refractivity contribution in [2.75, 3.05) is 24.6 Å². The Labute approximate surface area is 83.6 Å². The molecule has 14 heavy (non-hydrogen) atoms. The molecule has 4 heteroatoms. The summed E-state index contributed by atoms with van der Waals surface area (Å²) in [7, 11) is 0. The van der Waals surface area contributed by atoms with Gasteiger partial charge in [-0.05, 0) is 24.8 Å². The van der Waals surface area contributed by atoms with Gasteiger partial charge in [-0.15, -0.1) is 0 Å². The van der Waals surface area contributed by atoms with E-state index in [0.29, 0.717) is 5.92 Å². The number of hydrogen-bond acceptors (Lipinski definition) is 4. The van der Waals surface area contributed by atoms with E-state index in [-0.39, 0.29) is 6.61 Å². The third kappa shape index (κ3) is 2.01. The number of aliphatic hydroxyl groups excluding tert-OH is 1. The van der Waals surface area contributed by atoms with Crippen molar-refractivity contribution in [2.24, 2.45) is 5.92 Å². The molecule has 2 heterocycles. The number of aliphatic hydroxyl groups is 1. The molecule has 1 aromatic heterocycles. The molecule has 1 fully saturated rings. The Morgan fingerprint density at radius 3 is 2.93 bits per heavy atom. The van der Waals surface area contributed by atoms with Crippen LogP contribution >= 0.6 is 0 Å². The van der Waals surface area contributed by atoms with E-state index in [1.165, 1.54) is 0 Å². The average Bonchev–Trinajstić information content (AvgIpc) is 2.30. The van der Waals surface area contributed by atoms with Crippen LogP contribution in [-0.2, 0) is 0 Å². The van der Waals surface area contributed by atoms with Crippen LogP contribution in [-0.4, -0.2) is 34.8 Å². The lowest BCUT2D eigenvalue weighted by atomic mass is 9.99. The summed E-state index contributed by atoms with van der Waals surface area (Å²) in [6.07, 6.45) is 5.74. The molecule has 1 atom stereocenters. The number of aromatic nitrogens is 2. The fraction of sp³-hybridized carbons (Fsp3) is 0.600. The molecule has 0 radical (unpaired) electrons. The van der Waals surface area contributed by atoms with Crippen molar-refractivity contribution < 1.29 is 5.11 Å². The number of piperidine rings is 1. The summed E-state index contributed by atoms with van der Waals surface area (Å²) >= 11 is 0. The minimum atomic E-state index is 0.267. The normalized spacial score (nSPS) is 22.4. The van der Waals surface area contributed by atoms with Crippen molar-refractivity contribution >= 4 is 5.95 Å². The Hall–Kier alpha value is -1.16. The summed E-state index contributed by atoms with van der Waals surface area (Å²) in [6.45, 7) is 2.14. The van der Waals surface area contributed by atoms with Crippen LogP contribution in [0.5, 0.6) is 0 Å². The first kappa shape index (κ1) is 9.40. The van der Waals surface area contributed by atoms with Crippen LogP contribution in [0.1, 0.15) is 12.8 Å². The molecular formula is C10H15N3O. The second-order valence-corrected chi connectivity index (χ2v) is 3.69. The molecule has 0 bridgehead atoms. The van der Waals surface area contributed by atoms with Crippen LogP contribution < -0.4 is 4.90 Å². The van der Waals surface area contributed by atoms with Gasteiger partial charge in [0.2, 0.25) is 5.95 Å². The summed E-state index contributed by atoms with van der Waals surface area (Å²) in [5, 5.41) is 9.09. The fourth-order valence-corrected chi connectivity index (χ4v) is 1.85. The molecule has 0 unspecified atom stereocenters. The molecule has 4 nitrogen and oxygen atoms in total. The maximum Gasteiger partial charge on any atom is 0.225 e.